The van der Waals surface area contributed by atoms with E-state index < -0.39 is 0 Å². The third-order valence-electron chi connectivity index (χ3n) is 3.12. The molecule has 0 aliphatic heterocycles. The third kappa shape index (κ3) is 2.25. The quantitative estimate of drug-likeness (QED) is 0.649. The van der Waals surface area contributed by atoms with Crippen molar-refractivity contribution < 1.29 is 9.53 Å². The SMILES string of the molecule is CCOC(=O)C[C@@H]1CCC[C@@]1(C)C#N. The Morgan fingerprint density at radius 1 is 1.71 bits per heavy atom. The molecule has 0 aromatic heterocycles. The molecule has 2 atom stereocenters. The Balaban J connectivity index is 2.53. The molecule has 14 heavy (non-hydrogen) atoms. The summed E-state index contributed by atoms with van der Waals surface area (Å²) in [5.41, 5.74) is -0.313. The van der Waals surface area contributed by atoms with Crippen LogP contribution in [0.25, 0.3) is 0 Å². The summed E-state index contributed by atoms with van der Waals surface area (Å²) in [6.45, 7) is 4.18. The number of ether oxygens (including phenoxy) is 1. The van der Waals surface area contributed by atoms with Crippen LogP contribution in [0.5, 0.6) is 0 Å². The molecule has 1 fully saturated rings. The molecule has 78 valence electrons. The first-order valence-electron chi connectivity index (χ1n) is 5.19. The molecule has 0 aromatic rings. The van der Waals surface area contributed by atoms with E-state index in [9.17, 15) is 4.79 Å². The molecule has 0 unspecified atom stereocenters. The maximum Gasteiger partial charge on any atom is 0.306 e. The van der Waals surface area contributed by atoms with E-state index in [1.807, 2.05) is 6.92 Å². The number of carbonyl (C=O) groups excluding carboxylic acids is 1. The maximum atomic E-state index is 11.3. The van der Waals surface area contributed by atoms with Gasteiger partial charge in [0.15, 0.2) is 0 Å². The first-order chi connectivity index (χ1) is 6.62. The van der Waals surface area contributed by atoms with Gasteiger partial charge in [-0.15, -0.1) is 0 Å². The van der Waals surface area contributed by atoms with Gasteiger partial charge < -0.3 is 4.74 Å². The summed E-state index contributed by atoms with van der Waals surface area (Å²) < 4.78 is 4.89. The molecule has 1 aliphatic carbocycles. The minimum atomic E-state index is -0.313. The number of hydrogen-bond acceptors (Lipinski definition) is 3. The highest BCUT2D eigenvalue weighted by Crippen LogP contribution is 2.44. The van der Waals surface area contributed by atoms with Gasteiger partial charge in [0.25, 0.3) is 0 Å². The van der Waals surface area contributed by atoms with E-state index in [1.54, 1.807) is 6.92 Å². The summed E-state index contributed by atoms with van der Waals surface area (Å²) in [7, 11) is 0. The molecule has 0 aromatic carbocycles. The monoisotopic (exact) mass is 195 g/mol. The molecule has 0 radical (unpaired) electrons. The largest absolute Gasteiger partial charge is 0.466 e. The summed E-state index contributed by atoms with van der Waals surface area (Å²) in [5.74, 6) is 0.0208. The highest BCUT2D eigenvalue weighted by molar-refractivity contribution is 5.69. The Kier molecular flexibility index (Phi) is 3.51. The standard InChI is InChI=1S/C11H17NO2/c1-3-14-10(13)7-9-5-4-6-11(9,2)8-12/h9H,3-7H2,1-2H3/t9-,11-/m0/s1. The Morgan fingerprint density at radius 2 is 2.43 bits per heavy atom. The lowest BCUT2D eigenvalue weighted by atomic mass is 9.79. The van der Waals surface area contributed by atoms with Gasteiger partial charge in [0.2, 0.25) is 0 Å². The molecule has 0 N–H and O–H groups in total. The predicted octanol–water partition coefficient (Wildman–Crippen LogP) is 2.27. The Hall–Kier alpha value is -1.04. The fraction of sp³-hybridized carbons (Fsp3) is 0.818. The second-order valence-corrected chi connectivity index (χ2v) is 4.13. The van der Waals surface area contributed by atoms with Gasteiger partial charge in [0.05, 0.1) is 18.1 Å². The van der Waals surface area contributed by atoms with E-state index in [2.05, 4.69) is 6.07 Å². The van der Waals surface area contributed by atoms with Crippen LogP contribution in [0, 0.1) is 22.7 Å². The van der Waals surface area contributed by atoms with Crippen molar-refractivity contribution >= 4 is 5.97 Å². The lowest BCUT2D eigenvalue weighted by Gasteiger charge is -2.22. The van der Waals surface area contributed by atoms with Crippen LogP contribution in [-0.4, -0.2) is 12.6 Å². The lowest BCUT2D eigenvalue weighted by Crippen LogP contribution is -2.23. The molecule has 3 nitrogen and oxygen atoms in total. The first-order valence-corrected chi connectivity index (χ1v) is 5.19. The van der Waals surface area contributed by atoms with E-state index >= 15 is 0 Å². The number of rotatable bonds is 3. The van der Waals surface area contributed by atoms with Gasteiger partial charge in [-0.2, -0.15) is 5.26 Å². The summed E-state index contributed by atoms with van der Waals surface area (Å²) in [4.78, 5) is 11.3. The number of hydrogen-bond donors (Lipinski definition) is 0. The van der Waals surface area contributed by atoms with Crippen molar-refractivity contribution in [2.24, 2.45) is 11.3 Å². The van der Waals surface area contributed by atoms with Crippen LogP contribution in [0.2, 0.25) is 0 Å². The predicted molar refractivity (Wildman–Crippen MR) is 52.3 cm³/mol. The minimum Gasteiger partial charge on any atom is -0.466 e. The fourth-order valence-electron chi connectivity index (χ4n) is 2.13. The highest BCUT2D eigenvalue weighted by Gasteiger charge is 2.40. The lowest BCUT2D eigenvalue weighted by molar-refractivity contribution is -0.144. The van der Waals surface area contributed by atoms with Crippen LogP contribution >= 0.6 is 0 Å². The fourth-order valence-corrected chi connectivity index (χ4v) is 2.13. The van der Waals surface area contributed by atoms with Crippen molar-refractivity contribution in [3.05, 3.63) is 0 Å². The molecule has 0 heterocycles. The van der Waals surface area contributed by atoms with Crippen LogP contribution in [0.15, 0.2) is 0 Å². The van der Waals surface area contributed by atoms with Gasteiger partial charge in [0, 0.05) is 6.42 Å². The van der Waals surface area contributed by atoms with Crippen molar-refractivity contribution in [3.8, 4) is 6.07 Å². The highest BCUT2D eigenvalue weighted by atomic mass is 16.5. The van der Waals surface area contributed by atoms with Gasteiger partial charge in [-0.05, 0) is 32.6 Å². The van der Waals surface area contributed by atoms with E-state index in [-0.39, 0.29) is 17.3 Å². The van der Waals surface area contributed by atoms with Crippen LogP contribution in [0.3, 0.4) is 0 Å². The van der Waals surface area contributed by atoms with Crippen molar-refractivity contribution in [1.82, 2.24) is 0 Å². The summed E-state index contributed by atoms with van der Waals surface area (Å²) in [6, 6.07) is 2.33. The number of nitriles is 1. The number of nitrogens with zero attached hydrogens (tertiary/aromatic N) is 1. The molecular formula is C11H17NO2. The molecule has 0 saturated heterocycles. The zero-order chi connectivity index (χ0) is 10.6. The molecule has 1 aliphatic rings. The van der Waals surface area contributed by atoms with E-state index in [1.165, 1.54) is 0 Å². The molecule has 1 rings (SSSR count). The average Bonchev–Trinajstić information content (AvgIpc) is 2.49. The van der Waals surface area contributed by atoms with Gasteiger partial charge in [0.1, 0.15) is 0 Å². The van der Waals surface area contributed by atoms with E-state index in [0.29, 0.717) is 13.0 Å². The Morgan fingerprint density at radius 3 is 3.00 bits per heavy atom. The van der Waals surface area contributed by atoms with Crippen LogP contribution in [0.4, 0.5) is 0 Å². The van der Waals surface area contributed by atoms with Gasteiger partial charge in [-0.25, -0.2) is 0 Å². The van der Waals surface area contributed by atoms with Gasteiger partial charge >= 0.3 is 5.97 Å². The second-order valence-electron chi connectivity index (χ2n) is 4.13. The second kappa shape index (κ2) is 4.45. The van der Waals surface area contributed by atoms with Crippen molar-refractivity contribution in [2.45, 2.75) is 39.5 Å². The van der Waals surface area contributed by atoms with E-state index in [4.69, 9.17) is 10.00 Å². The van der Waals surface area contributed by atoms with Gasteiger partial charge in [-0.1, -0.05) is 6.42 Å². The molecule has 0 spiro atoms. The normalized spacial score (nSPS) is 31.1. The Labute approximate surface area is 85.1 Å². The molecular weight excluding hydrogens is 178 g/mol. The number of esters is 1. The summed E-state index contributed by atoms with van der Waals surface area (Å²) in [6.07, 6.45) is 3.34. The first kappa shape index (κ1) is 11.0. The van der Waals surface area contributed by atoms with Crippen LogP contribution in [0.1, 0.15) is 39.5 Å². The average molecular weight is 195 g/mol. The van der Waals surface area contributed by atoms with Crippen molar-refractivity contribution in [3.63, 3.8) is 0 Å². The minimum absolute atomic E-state index is 0.166. The molecule has 0 amide bonds. The Bertz CT molecular complexity index is 257. The summed E-state index contributed by atoms with van der Waals surface area (Å²) in [5, 5.41) is 9.04. The zero-order valence-electron chi connectivity index (χ0n) is 8.88. The molecule has 0 bridgehead atoms. The molecule has 1 saturated carbocycles. The van der Waals surface area contributed by atoms with Crippen molar-refractivity contribution in [2.75, 3.05) is 6.61 Å². The summed E-state index contributed by atoms with van der Waals surface area (Å²) >= 11 is 0. The zero-order valence-corrected chi connectivity index (χ0v) is 8.88. The topological polar surface area (TPSA) is 50.1 Å². The molecule has 3 heteroatoms. The number of carbonyl (C=O) groups is 1. The van der Waals surface area contributed by atoms with Crippen molar-refractivity contribution in [1.29, 1.82) is 5.26 Å². The van der Waals surface area contributed by atoms with Crippen LogP contribution < -0.4 is 0 Å². The maximum absolute atomic E-state index is 11.3. The smallest absolute Gasteiger partial charge is 0.306 e. The van der Waals surface area contributed by atoms with E-state index in [0.717, 1.165) is 19.3 Å². The third-order valence-corrected chi connectivity index (χ3v) is 3.12. The van der Waals surface area contributed by atoms with Crippen LogP contribution in [-0.2, 0) is 9.53 Å². The van der Waals surface area contributed by atoms with Gasteiger partial charge in [-0.3, -0.25) is 4.79 Å².